The van der Waals surface area contributed by atoms with E-state index in [0.29, 0.717) is 11.1 Å². The largest absolute Gasteiger partial charge is 0.416 e. The summed E-state index contributed by atoms with van der Waals surface area (Å²) in [5.41, 5.74) is 0.995. The minimum Gasteiger partial charge on any atom is -0.348 e. The fourth-order valence-electron chi connectivity index (χ4n) is 3.13. The molecular formula is C20H24Cl2F3N3O. The van der Waals surface area contributed by atoms with Gasteiger partial charge in [0.05, 0.1) is 11.1 Å². The molecule has 1 aromatic heterocycles. The SMILES string of the molecule is Cl.Cl.O=C(NCc1cccc(C(F)(F)F)c1)c1ccc(CCN2CCCC2)nc1. The van der Waals surface area contributed by atoms with E-state index in [2.05, 4.69) is 15.2 Å². The summed E-state index contributed by atoms with van der Waals surface area (Å²) in [5, 5.41) is 2.64. The molecule has 4 nitrogen and oxygen atoms in total. The molecule has 0 saturated carbocycles. The number of carbonyl (C=O) groups is 1. The Hall–Kier alpha value is -1.83. The zero-order chi connectivity index (χ0) is 19.3. The molecule has 2 aromatic rings. The van der Waals surface area contributed by atoms with Crippen LogP contribution in [0.5, 0.6) is 0 Å². The number of rotatable bonds is 6. The van der Waals surface area contributed by atoms with Crippen LogP contribution in [0.1, 0.15) is 40.0 Å². The molecule has 1 aliphatic heterocycles. The fourth-order valence-corrected chi connectivity index (χ4v) is 3.13. The molecule has 160 valence electrons. The lowest BCUT2D eigenvalue weighted by atomic mass is 10.1. The van der Waals surface area contributed by atoms with Crippen LogP contribution in [0.25, 0.3) is 0 Å². The molecule has 0 bridgehead atoms. The summed E-state index contributed by atoms with van der Waals surface area (Å²) in [6.45, 7) is 3.26. The molecule has 1 N–H and O–H groups in total. The summed E-state index contributed by atoms with van der Waals surface area (Å²) >= 11 is 0. The number of hydrogen-bond acceptors (Lipinski definition) is 3. The fraction of sp³-hybridized carbons (Fsp3) is 0.400. The number of carbonyl (C=O) groups excluding carboxylic acids is 1. The highest BCUT2D eigenvalue weighted by atomic mass is 35.5. The van der Waals surface area contributed by atoms with Gasteiger partial charge in [-0.2, -0.15) is 13.2 Å². The van der Waals surface area contributed by atoms with Crippen molar-refractivity contribution >= 4 is 30.7 Å². The van der Waals surface area contributed by atoms with Crippen LogP contribution >= 0.6 is 24.8 Å². The third-order valence-electron chi connectivity index (χ3n) is 4.68. The van der Waals surface area contributed by atoms with Crippen LogP contribution in [-0.4, -0.2) is 35.4 Å². The number of hydrogen-bond donors (Lipinski definition) is 1. The van der Waals surface area contributed by atoms with Gasteiger partial charge in [-0.15, -0.1) is 24.8 Å². The van der Waals surface area contributed by atoms with Crippen molar-refractivity contribution in [3.05, 3.63) is 65.0 Å². The maximum Gasteiger partial charge on any atom is 0.416 e. The maximum absolute atomic E-state index is 12.7. The summed E-state index contributed by atoms with van der Waals surface area (Å²) in [5.74, 6) is -0.356. The highest BCUT2D eigenvalue weighted by molar-refractivity contribution is 5.93. The predicted molar refractivity (Wildman–Crippen MR) is 111 cm³/mol. The number of benzene rings is 1. The normalized spacial score (nSPS) is 14.0. The molecule has 29 heavy (non-hydrogen) atoms. The molecule has 1 amide bonds. The van der Waals surface area contributed by atoms with Gasteiger partial charge in [0.15, 0.2) is 0 Å². The lowest BCUT2D eigenvalue weighted by molar-refractivity contribution is -0.137. The van der Waals surface area contributed by atoms with Gasteiger partial charge in [-0.05, 0) is 55.8 Å². The Bertz CT molecular complexity index is 779. The molecule has 3 rings (SSSR count). The van der Waals surface area contributed by atoms with Gasteiger partial charge < -0.3 is 10.2 Å². The summed E-state index contributed by atoms with van der Waals surface area (Å²) < 4.78 is 38.2. The van der Waals surface area contributed by atoms with Gasteiger partial charge in [0.2, 0.25) is 0 Å². The van der Waals surface area contributed by atoms with Crippen LogP contribution in [0.3, 0.4) is 0 Å². The molecule has 9 heteroatoms. The van der Waals surface area contributed by atoms with E-state index in [0.717, 1.165) is 43.9 Å². The molecule has 2 heterocycles. The van der Waals surface area contributed by atoms with Gasteiger partial charge in [-0.25, -0.2) is 0 Å². The van der Waals surface area contributed by atoms with Crippen LogP contribution in [0, 0.1) is 0 Å². The summed E-state index contributed by atoms with van der Waals surface area (Å²) in [6, 6.07) is 8.47. The van der Waals surface area contributed by atoms with Gasteiger partial charge in [-0.1, -0.05) is 12.1 Å². The van der Waals surface area contributed by atoms with E-state index in [9.17, 15) is 18.0 Å². The number of halogens is 5. The Morgan fingerprint density at radius 3 is 2.45 bits per heavy atom. The van der Waals surface area contributed by atoms with Crippen LogP contribution in [-0.2, 0) is 19.1 Å². The molecular weight excluding hydrogens is 426 g/mol. The number of pyridine rings is 1. The second kappa shape index (κ2) is 11.4. The Morgan fingerprint density at radius 1 is 1.10 bits per heavy atom. The Balaban J connectivity index is 0.00000210. The lowest BCUT2D eigenvalue weighted by Gasteiger charge is -2.13. The van der Waals surface area contributed by atoms with Crippen molar-refractivity contribution in [2.45, 2.75) is 32.0 Å². The molecule has 1 aliphatic rings. The van der Waals surface area contributed by atoms with E-state index >= 15 is 0 Å². The van der Waals surface area contributed by atoms with E-state index in [1.54, 1.807) is 12.1 Å². The summed E-state index contributed by atoms with van der Waals surface area (Å²) in [4.78, 5) is 18.9. The van der Waals surface area contributed by atoms with Crippen molar-refractivity contribution in [1.82, 2.24) is 15.2 Å². The van der Waals surface area contributed by atoms with Crippen molar-refractivity contribution in [1.29, 1.82) is 0 Å². The minimum absolute atomic E-state index is 0. The van der Waals surface area contributed by atoms with Gasteiger partial charge in [0.1, 0.15) is 0 Å². The average Bonchev–Trinajstić information content (AvgIpc) is 3.18. The van der Waals surface area contributed by atoms with E-state index in [1.807, 2.05) is 6.07 Å². The van der Waals surface area contributed by atoms with Gasteiger partial charge in [-0.3, -0.25) is 9.78 Å². The number of amides is 1. The lowest BCUT2D eigenvalue weighted by Crippen LogP contribution is -2.24. The van der Waals surface area contributed by atoms with Crippen LogP contribution in [0.2, 0.25) is 0 Å². The molecule has 0 radical (unpaired) electrons. The average molecular weight is 450 g/mol. The smallest absolute Gasteiger partial charge is 0.348 e. The highest BCUT2D eigenvalue weighted by Crippen LogP contribution is 2.29. The van der Waals surface area contributed by atoms with Crippen molar-refractivity contribution in [3.8, 4) is 0 Å². The second-order valence-electron chi connectivity index (χ2n) is 6.72. The molecule has 0 atom stereocenters. The first-order valence-electron chi connectivity index (χ1n) is 9.03. The topological polar surface area (TPSA) is 45.2 Å². The van der Waals surface area contributed by atoms with Crippen LogP contribution in [0.15, 0.2) is 42.6 Å². The zero-order valence-electron chi connectivity index (χ0n) is 15.7. The number of alkyl halides is 3. The van der Waals surface area contributed by atoms with E-state index in [1.165, 1.54) is 25.1 Å². The number of aromatic nitrogens is 1. The highest BCUT2D eigenvalue weighted by Gasteiger charge is 2.30. The van der Waals surface area contributed by atoms with Crippen molar-refractivity contribution in [2.75, 3.05) is 19.6 Å². The quantitative estimate of drug-likeness (QED) is 0.705. The Kier molecular flexibility index (Phi) is 9.89. The first kappa shape index (κ1) is 25.2. The van der Waals surface area contributed by atoms with Crippen LogP contribution in [0.4, 0.5) is 13.2 Å². The van der Waals surface area contributed by atoms with Crippen LogP contribution < -0.4 is 5.32 Å². The molecule has 0 spiro atoms. The van der Waals surface area contributed by atoms with E-state index < -0.39 is 11.7 Å². The zero-order valence-corrected chi connectivity index (χ0v) is 17.4. The first-order chi connectivity index (χ1) is 12.9. The third-order valence-corrected chi connectivity index (χ3v) is 4.68. The number of nitrogens with one attached hydrogen (secondary N) is 1. The first-order valence-corrected chi connectivity index (χ1v) is 9.03. The Morgan fingerprint density at radius 2 is 1.83 bits per heavy atom. The third kappa shape index (κ3) is 7.49. The van der Waals surface area contributed by atoms with Gasteiger partial charge in [0.25, 0.3) is 5.91 Å². The molecule has 1 fully saturated rings. The molecule has 0 unspecified atom stereocenters. The molecule has 1 saturated heterocycles. The molecule has 0 aliphatic carbocycles. The van der Waals surface area contributed by atoms with Crippen molar-refractivity contribution in [3.63, 3.8) is 0 Å². The van der Waals surface area contributed by atoms with Crippen molar-refractivity contribution in [2.24, 2.45) is 0 Å². The van der Waals surface area contributed by atoms with E-state index in [4.69, 9.17) is 0 Å². The predicted octanol–water partition coefficient (Wildman–Crippen LogP) is 4.51. The Labute approximate surface area is 180 Å². The minimum atomic E-state index is -4.39. The monoisotopic (exact) mass is 449 g/mol. The van der Waals surface area contributed by atoms with E-state index in [-0.39, 0.29) is 37.3 Å². The van der Waals surface area contributed by atoms with Gasteiger partial charge in [0, 0.05) is 31.4 Å². The second-order valence-corrected chi connectivity index (χ2v) is 6.72. The molecule has 1 aromatic carbocycles. The number of likely N-dealkylation sites (tertiary alicyclic amines) is 1. The number of nitrogens with zero attached hydrogens (tertiary/aromatic N) is 2. The summed E-state index contributed by atoms with van der Waals surface area (Å²) in [6.07, 6.45) is 0.457. The summed E-state index contributed by atoms with van der Waals surface area (Å²) in [7, 11) is 0. The maximum atomic E-state index is 12.7. The standard InChI is InChI=1S/C20H22F3N3O.2ClH/c21-20(22,23)17-5-3-4-15(12-17)13-25-19(27)16-6-7-18(24-14-16)8-11-26-9-1-2-10-26;;/h3-7,12,14H,1-2,8-11,13H2,(H,25,27);2*1H. The van der Waals surface area contributed by atoms with Crippen molar-refractivity contribution < 1.29 is 18.0 Å². The van der Waals surface area contributed by atoms with Gasteiger partial charge >= 0.3 is 6.18 Å².